The van der Waals surface area contributed by atoms with E-state index in [0.717, 1.165) is 18.6 Å². The minimum Gasteiger partial charge on any atom is -0.381 e. The van der Waals surface area contributed by atoms with Gasteiger partial charge < -0.3 is 4.74 Å². The topological polar surface area (TPSA) is 9.23 Å². The Morgan fingerprint density at radius 1 is 1.21 bits per heavy atom. The molecule has 0 amide bonds. The minimum atomic E-state index is -0.273. The van der Waals surface area contributed by atoms with Crippen molar-refractivity contribution in [2.24, 2.45) is 5.92 Å². The molecule has 0 saturated heterocycles. The summed E-state index contributed by atoms with van der Waals surface area (Å²) in [7, 11) is 0. The summed E-state index contributed by atoms with van der Waals surface area (Å²) in [5.41, 5.74) is 0.809. The molecule has 1 nitrogen and oxygen atoms in total. The number of hydrogen-bond donors (Lipinski definition) is 0. The zero-order valence-electron chi connectivity index (χ0n) is 11.5. The molecule has 19 heavy (non-hydrogen) atoms. The molecule has 4 heteroatoms. The van der Waals surface area contributed by atoms with E-state index in [9.17, 15) is 0 Å². The predicted octanol–water partition coefficient (Wildman–Crippen LogP) is 5.12. The average molecular weight is 324 g/mol. The second-order valence-corrected chi connectivity index (χ2v) is 6.25. The maximum atomic E-state index is 6.17. The van der Waals surface area contributed by atoms with Crippen molar-refractivity contribution < 1.29 is 4.74 Å². The lowest BCUT2D eigenvalue weighted by Gasteiger charge is -2.30. The Kier molecular flexibility index (Phi) is 7.53. The number of benzene rings is 1. The van der Waals surface area contributed by atoms with Gasteiger partial charge in [0.25, 0.3) is 0 Å². The number of halogens is 3. The summed E-state index contributed by atoms with van der Waals surface area (Å²) in [4.78, 5) is 0. The first-order chi connectivity index (χ1) is 9.04. The molecule has 0 heterocycles. The Morgan fingerprint density at radius 3 is 2.42 bits per heavy atom. The molecule has 0 N–H and O–H groups in total. The van der Waals surface area contributed by atoms with Crippen molar-refractivity contribution in [1.29, 1.82) is 0 Å². The van der Waals surface area contributed by atoms with Crippen LogP contribution in [-0.2, 0) is 10.2 Å². The predicted molar refractivity (Wildman–Crippen MR) is 84.8 cm³/mol. The fourth-order valence-electron chi connectivity index (χ4n) is 1.87. The van der Waals surface area contributed by atoms with Gasteiger partial charge in [-0.2, -0.15) is 0 Å². The van der Waals surface area contributed by atoms with Crippen molar-refractivity contribution in [2.45, 2.75) is 25.7 Å². The Labute approximate surface area is 131 Å². The summed E-state index contributed by atoms with van der Waals surface area (Å²) in [5, 5.41) is 0.709. The number of rotatable bonds is 8. The van der Waals surface area contributed by atoms with E-state index in [2.05, 4.69) is 13.8 Å². The summed E-state index contributed by atoms with van der Waals surface area (Å²) >= 11 is 18.4. The molecule has 0 bridgehead atoms. The Balaban J connectivity index is 2.73. The first-order valence-electron chi connectivity index (χ1n) is 6.50. The van der Waals surface area contributed by atoms with Crippen LogP contribution in [0.4, 0.5) is 0 Å². The van der Waals surface area contributed by atoms with Gasteiger partial charge in [-0.25, -0.2) is 0 Å². The fourth-order valence-corrected chi connectivity index (χ4v) is 2.92. The maximum absolute atomic E-state index is 6.17. The molecule has 0 aliphatic heterocycles. The van der Waals surface area contributed by atoms with E-state index in [-0.39, 0.29) is 5.41 Å². The van der Waals surface area contributed by atoms with Gasteiger partial charge in [-0.05, 0) is 30.0 Å². The van der Waals surface area contributed by atoms with Crippen LogP contribution in [-0.4, -0.2) is 25.0 Å². The largest absolute Gasteiger partial charge is 0.381 e. The van der Waals surface area contributed by atoms with Gasteiger partial charge in [0.2, 0.25) is 0 Å². The summed E-state index contributed by atoms with van der Waals surface area (Å²) < 4.78 is 5.66. The molecule has 0 fully saturated rings. The second kappa shape index (κ2) is 8.36. The van der Waals surface area contributed by atoms with Crippen molar-refractivity contribution in [1.82, 2.24) is 0 Å². The van der Waals surface area contributed by atoms with E-state index < -0.39 is 0 Å². The van der Waals surface area contributed by atoms with Crippen molar-refractivity contribution in [3.63, 3.8) is 0 Å². The van der Waals surface area contributed by atoms with Crippen LogP contribution in [0.3, 0.4) is 0 Å². The van der Waals surface area contributed by atoms with E-state index in [1.165, 1.54) is 0 Å². The number of alkyl halides is 2. The summed E-state index contributed by atoms with van der Waals surface area (Å²) in [5.74, 6) is 1.46. The third-order valence-corrected chi connectivity index (χ3v) is 4.38. The van der Waals surface area contributed by atoms with Gasteiger partial charge in [0.1, 0.15) is 0 Å². The number of hydrogen-bond acceptors (Lipinski definition) is 1. The van der Waals surface area contributed by atoms with Gasteiger partial charge in [0, 0.05) is 35.4 Å². The molecule has 0 aliphatic rings. The van der Waals surface area contributed by atoms with E-state index >= 15 is 0 Å². The van der Waals surface area contributed by atoms with Crippen molar-refractivity contribution >= 4 is 34.8 Å². The van der Waals surface area contributed by atoms with E-state index in [0.29, 0.717) is 29.3 Å². The molecule has 0 saturated carbocycles. The first kappa shape index (κ1) is 17.1. The second-order valence-electron chi connectivity index (χ2n) is 5.28. The summed E-state index contributed by atoms with van der Waals surface area (Å²) in [6.45, 7) is 5.68. The quantitative estimate of drug-likeness (QED) is 0.476. The lowest BCUT2D eigenvalue weighted by atomic mass is 9.81. The highest BCUT2D eigenvalue weighted by atomic mass is 35.5. The zero-order chi connectivity index (χ0) is 14.3. The highest BCUT2D eigenvalue weighted by Crippen LogP contribution is 2.32. The van der Waals surface area contributed by atoms with Gasteiger partial charge in [0.05, 0.1) is 0 Å². The molecule has 0 atom stereocenters. The van der Waals surface area contributed by atoms with Crippen LogP contribution in [0.1, 0.15) is 25.8 Å². The zero-order valence-corrected chi connectivity index (χ0v) is 13.7. The van der Waals surface area contributed by atoms with Crippen LogP contribution >= 0.6 is 34.8 Å². The fraction of sp³-hybridized carbons (Fsp3) is 0.600. The van der Waals surface area contributed by atoms with Crippen molar-refractivity contribution in [3.8, 4) is 0 Å². The molecular formula is C15H21Cl3O. The van der Waals surface area contributed by atoms with Gasteiger partial charge in [0.15, 0.2) is 0 Å². The molecule has 1 rings (SSSR count). The standard InChI is InChI=1S/C15H21Cl3O/c1-12(2)9-19-7-6-15(10-16,11-17)13-4-3-5-14(18)8-13/h3-5,8,12H,6-7,9-11H2,1-2H3. The first-order valence-corrected chi connectivity index (χ1v) is 7.94. The van der Waals surface area contributed by atoms with Crippen LogP contribution in [0.2, 0.25) is 5.02 Å². The molecule has 0 aliphatic carbocycles. The third kappa shape index (κ3) is 5.15. The van der Waals surface area contributed by atoms with Gasteiger partial charge in [-0.15, -0.1) is 23.2 Å². The van der Waals surface area contributed by atoms with Crippen LogP contribution in [0.25, 0.3) is 0 Å². The highest BCUT2D eigenvalue weighted by Gasteiger charge is 2.30. The van der Waals surface area contributed by atoms with Crippen LogP contribution < -0.4 is 0 Å². The van der Waals surface area contributed by atoms with Gasteiger partial charge in [-0.3, -0.25) is 0 Å². The SMILES string of the molecule is CC(C)COCCC(CCl)(CCl)c1cccc(Cl)c1. The lowest BCUT2D eigenvalue weighted by molar-refractivity contribution is 0.0970. The smallest absolute Gasteiger partial charge is 0.0488 e. The summed E-state index contributed by atoms with van der Waals surface area (Å²) in [6.07, 6.45) is 0.799. The molecule has 0 aromatic heterocycles. The van der Waals surface area contributed by atoms with E-state index in [1.54, 1.807) is 0 Å². The van der Waals surface area contributed by atoms with Crippen LogP contribution in [0.5, 0.6) is 0 Å². The Hall–Kier alpha value is 0.0500. The van der Waals surface area contributed by atoms with Crippen LogP contribution in [0.15, 0.2) is 24.3 Å². The van der Waals surface area contributed by atoms with E-state index in [4.69, 9.17) is 39.5 Å². The third-order valence-electron chi connectivity index (χ3n) is 3.12. The molecular weight excluding hydrogens is 303 g/mol. The average Bonchev–Trinajstić information content (AvgIpc) is 2.39. The molecule has 0 spiro atoms. The molecule has 1 aromatic carbocycles. The van der Waals surface area contributed by atoms with Gasteiger partial charge in [-0.1, -0.05) is 37.6 Å². The summed E-state index contributed by atoms with van der Waals surface area (Å²) in [6, 6.07) is 7.75. The van der Waals surface area contributed by atoms with Gasteiger partial charge >= 0.3 is 0 Å². The Bertz CT molecular complexity index is 375. The van der Waals surface area contributed by atoms with Crippen molar-refractivity contribution in [2.75, 3.05) is 25.0 Å². The van der Waals surface area contributed by atoms with Crippen molar-refractivity contribution in [3.05, 3.63) is 34.9 Å². The van der Waals surface area contributed by atoms with E-state index in [1.807, 2.05) is 24.3 Å². The monoisotopic (exact) mass is 322 g/mol. The molecule has 0 unspecified atom stereocenters. The number of ether oxygens (including phenoxy) is 1. The maximum Gasteiger partial charge on any atom is 0.0488 e. The lowest BCUT2D eigenvalue weighted by Crippen LogP contribution is -2.32. The molecule has 0 radical (unpaired) electrons. The molecule has 108 valence electrons. The minimum absolute atomic E-state index is 0.273. The highest BCUT2D eigenvalue weighted by molar-refractivity contribution is 6.30. The van der Waals surface area contributed by atoms with Crippen LogP contribution in [0, 0.1) is 5.92 Å². The normalized spacial score (nSPS) is 12.1. The molecule has 1 aromatic rings. The Morgan fingerprint density at radius 2 is 1.89 bits per heavy atom.